The van der Waals surface area contributed by atoms with E-state index in [0.717, 1.165) is 0 Å². The minimum absolute atomic E-state index is 0.0897. The van der Waals surface area contributed by atoms with Crippen LogP contribution in [0.3, 0.4) is 0 Å². The van der Waals surface area contributed by atoms with Crippen LogP contribution in [-0.2, 0) is 11.3 Å². The number of hydrogen-bond acceptors (Lipinski definition) is 4. The highest BCUT2D eigenvalue weighted by Crippen LogP contribution is 2.06. The molecule has 1 heterocycles. The Balaban J connectivity index is 2.40. The van der Waals surface area contributed by atoms with Gasteiger partial charge in [-0.2, -0.15) is 0 Å². The SMILES string of the molecule is CC(C)COCc1cc(C(=O)O)no1. The molecule has 1 aromatic rings. The average Bonchev–Trinajstić information content (AvgIpc) is 2.52. The van der Waals surface area contributed by atoms with E-state index in [9.17, 15) is 4.79 Å². The average molecular weight is 199 g/mol. The first-order chi connectivity index (χ1) is 6.59. The first-order valence-electron chi connectivity index (χ1n) is 4.36. The fourth-order valence-electron chi connectivity index (χ4n) is 0.877. The van der Waals surface area contributed by atoms with Gasteiger partial charge in [-0.25, -0.2) is 4.79 Å². The van der Waals surface area contributed by atoms with Crippen molar-refractivity contribution in [3.8, 4) is 0 Å². The number of nitrogens with zero attached hydrogens (tertiary/aromatic N) is 1. The van der Waals surface area contributed by atoms with Crippen LogP contribution in [0.25, 0.3) is 0 Å². The predicted octanol–water partition coefficient (Wildman–Crippen LogP) is 1.55. The second-order valence-electron chi connectivity index (χ2n) is 3.39. The Bertz CT molecular complexity index is 306. The summed E-state index contributed by atoms with van der Waals surface area (Å²) < 4.78 is 10.00. The van der Waals surface area contributed by atoms with Gasteiger partial charge >= 0.3 is 5.97 Å². The summed E-state index contributed by atoms with van der Waals surface area (Å²) in [5, 5.41) is 11.9. The van der Waals surface area contributed by atoms with Crippen LogP contribution in [0.2, 0.25) is 0 Å². The van der Waals surface area contributed by atoms with E-state index >= 15 is 0 Å². The Kier molecular flexibility index (Phi) is 3.64. The topological polar surface area (TPSA) is 72.6 Å². The van der Waals surface area contributed by atoms with Gasteiger partial charge in [-0.15, -0.1) is 0 Å². The van der Waals surface area contributed by atoms with Gasteiger partial charge < -0.3 is 14.4 Å². The molecule has 0 bridgehead atoms. The molecule has 0 aliphatic rings. The molecule has 0 radical (unpaired) electrons. The maximum atomic E-state index is 10.4. The number of carboxylic acids is 1. The molecule has 0 saturated heterocycles. The Hall–Kier alpha value is -1.36. The molecule has 0 aliphatic carbocycles. The molecule has 5 heteroatoms. The van der Waals surface area contributed by atoms with Gasteiger partial charge in [0.05, 0.1) is 0 Å². The summed E-state index contributed by atoms with van der Waals surface area (Å²) in [6.07, 6.45) is 0. The number of carbonyl (C=O) groups is 1. The van der Waals surface area contributed by atoms with Crippen molar-refractivity contribution in [1.29, 1.82) is 0 Å². The molecule has 78 valence electrons. The van der Waals surface area contributed by atoms with Crippen LogP contribution in [-0.4, -0.2) is 22.8 Å². The van der Waals surface area contributed by atoms with Crippen molar-refractivity contribution in [3.63, 3.8) is 0 Å². The normalized spacial score (nSPS) is 10.8. The van der Waals surface area contributed by atoms with Crippen LogP contribution < -0.4 is 0 Å². The number of ether oxygens (including phenoxy) is 1. The monoisotopic (exact) mass is 199 g/mol. The number of aromatic carboxylic acids is 1. The molecule has 0 aromatic carbocycles. The van der Waals surface area contributed by atoms with Gasteiger partial charge in [0.15, 0.2) is 11.5 Å². The Morgan fingerprint density at radius 2 is 2.43 bits per heavy atom. The number of aromatic nitrogens is 1. The zero-order valence-corrected chi connectivity index (χ0v) is 8.19. The maximum Gasteiger partial charge on any atom is 0.358 e. The third-order valence-corrected chi connectivity index (χ3v) is 1.47. The summed E-state index contributed by atoms with van der Waals surface area (Å²) in [5.41, 5.74) is -0.0897. The first kappa shape index (κ1) is 10.7. The highest BCUT2D eigenvalue weighted by atomic mass is 16.5. The van der Waals surface area contributed by atoms with Crippen molar-refractivity contribution in [1.82, 2.24) is 5.16 Å². The van der Waals surface area contributed by atoms with Crippen molar-refractivity contribution in [2.75, 3.05) is 6.61 Å². The Morgan fingerprint density at radius 3 is 2.93 bits per heavy atom. The third kappa shape index (κ3) is 3.18. The van der Waals surface area contributed by atoms with E-state index < -0.39 is 5.97 Å². The van der Waals surface area contributed by atoms with E-state index in [1.54, 1.807) is 0 Å². The fraction of sp³-hybridized carbons (Fsp3) is 0.556. The molecule has 0 aliphatic heterocycles. The summed E-state index contributed by atoms with van der Waals surface area (Å²) in [4.78, 5) is 10.4. The highest BCUT2D eigenvalue weighted by molar-refractivity contribution is 5.85. The van der Waals surface area contributed by atoms with Gasteiger partial charge in [-0.1, -0.05) is 19.0 Å². The lowest BCUT2D eigenvalue weighted by molar-refractivity contribution is 0.0682. The largest absolute Gasteiger partial charge is 0.476 e. The molecule has 0 amide bonds. The highest BCUT2D eigenvalue weighted by Gasteiger charge is 2.10. The molecule has 0 saturated carbocycles. The van der Waals surface area contributed by atoms with Gasteiger partial charge in [0.25, 0.3) is 0 Å². The van der Waals surface area contributed by atoms with Crippen LogP contribution in [0, 0.1) is 5.92 Å². The minimum Gasteiger partial charge on any atom is -0.476 e. The molecule has 1 rings (SSSR count). The van der Waals surface area contributed by atoms with Gasteiger partial charge in [-0.3, -0.25) is 0 Å². The lowest BCUT2D eigenvalue weighted by atomic mass is 10.2. The zero-order chi connectivity index (χ0) is 10.6. The fourth-order valence-corrected chi connectivity index (χ4v) is 0.877. The molecule has 0 unspecified atom stereocenters. The first-order valence-corrected chi connectivity index (χ1v) is 4.36. The van der Waals surface area contributed by atoms with Crippen molar-refractivity contribution in [2.24, 2.45) is 5.92 Å². The van der Waals surface area contributed by atoms with Crippen LogP contribution in [0.5, 0.6) is 0 Å². The van der Waals surface area contributed by atoms with E-state index in [1.807, 2.05) is 13.8 Å². The molecular weight excluding hydrogens is 186 g/mol. The molecule has 1 aromatic heterocycles. The Labute approximate surface area is 81.7 Å². The molecule has 1 N–H and O–H groups in total. The van der Waals surface area contributed by atoms with E-state index in [-0.39, 0.29) is 12.3 Å². The molecular formula is C9H13NO4. The third-order valence-electron chi connectivity index (χ3n) is 1.47. The summed E-state index contributed by atoms with van der Waals surface area (Å²) in [7, 11) is 0. The van der Waals surface area contributed by atoms with E-state index in [0.29, 0.717) is 18.3 Å². The standard InChI is InChI=1S/C9H13NO4/c1-6(2)4-13-5-7-3-8(9(11)12)10-14-7/h3,6H,4-5H2,1-2H3,(H,11,12). The summed E-state index contributed by atoms with van der Waals surface area (Å²) >= 11 is 0. The number of carboxylic acid groups (broad SMARTS) is 1. The summed E-state index contributed by atoms with van der Waals surface area (Å²) in [6, 6.07) is 1.36. The quantitative estimate of drug-likeness (QED) is 0.778. The lowest BCUT2D eigenvalue weighted by Crippen LogP contribution is -2.01. The maximum absolute atomic E-state index is 10.4. The Morgan fingerprint density at radius 1 is 1.71 bits per heavy atom. The second-order valence-corrected chi connectivity index (χ2v) is 3.39. The molecule has 0 spiro atoms. The second kappa shape index (κ2) is 4.76. The van der Waals surface area contributed by atoms with Crippen LogP contribution in [0.4, 0.5) is 0 Å². The summed E-state index contributed by atoms with van der Waals surface area (Å²) in [6.45, 7) is 4.94. The van der Waals surface area contributed by atoms with Gasteiger partial charge in [-0.05, 0) is 5.92 Å². The van der Waals surface area contributed by atoms with Gasteiger partial charge in [0, 0.05) is 12.7 Å². The van der Waals surface area contributed by atoms with E-state index in [4.69, 9.17) is 14.4 Å². The number of rotatable bonds is 5. The van der Waals surface area contributed by atoms with Crippen molar-refractivity contribution < 1.29 is 19.2 Å². The zero-order valence-electron chi connectivity index (χ0n) is 8.19. The van der Waals surface area contributed by atoms with Crippen LogP contribution >= 0.6 is 0 Å². The van der Waals surface area contributed by atoms with Gasteiger partial charge in [0.2, 0.25) is 0 Å². The van der Waals surface area contributed by atoms with Crippen molar-refractivity contribution >= 4 is 5.97 Å². The lowest BCUT2D eigenvalue weighted by Gasteiger charge is -2.03. The van der Waals surface area contributed by atoms with Crippen LogP contribution in [0.1, 0.15) is 30.1 Å². The van der Waals surface area contributed by atoms with Crippen molar-refractivity contribution in [2.45, 2.75) is 20.5 Å². The van der Waals surface area contributed by atoms with Gasteiger partial charge in [0.1, 0.15) is 6.61 Å². The molecule has 0 atom stereocenters. The van der Waals surface area contributed by atoms with E-state index in [2.05, 4.69) is 5.16 Å². The van der Waals surface area contributed by atoms with E-state index in [1.165, 1.54) is 6.07 Å². The van der Waals surface area contributed by atoms with Crippen LogP contribution in [0.15, 0.2) is 10.6 Å². The smallest absolute Gasteiger partial charge is 0.358 e. The minimum atomic E-state index is -1.09. The molecule has 0 fully saturated rings. The molecule has 5 nitrogen and oxygen atoms in total. The van der Waals surface area contributed by atoms with Crippen molar-refractivity contribution in [3.05, 3.63) is 17.5 Å². The summed E-state index contributed by atoms with van der Waals surface area (Å²) in [5.74, 6) is -0.219. The predicted molar refractivity (Wildman–Crippen MR) is 48.0 cm³/mol. The molecule has 14 heavy (non-hydrogen) atoms. The number of hydrogen-bond donors (Lipinski definition) is 1.